The highest BCUT2D eigenvalue weighted by Crippen LogP contribution is 2.18. The maximum Gasteiger partial charge on any atom is 0.191 e. The second-order valence-corrected chi connectivity index (χ2v) is 4.68. The molecule has 0 bridgehead atoms. The molecule has 0 aromatic heterocycles. The Labute approximate surface area is 133 Å². The molecular formula is C17H27N3O2. The van der Waals surface area contributed by atoms with Crippen molar-refractivity contribution in [1.82, 2.24) is 10.6 Å². The Kier molecular flexibility index (Phi) is 9.54. The highest BCUT2D eigenvalue weighted by atomic mass is 16.5. The minimum absolute atomic E-state index is 0.496. The van der Waals surface area contributed by atoms with Gasteiger partial charge in [0.15, 0.2) is 5.96 Å². The summed E-state index contributed by atoms with van der Waals surface area (Å²) in [5.74, 6) is 1.65. The zero-order valence-electron chi connectivity index (χ0n) is 13.6. The third-order valence-corrected chi connectivity index (χ3v) is 2.90. The van der Waals surface area contributed by atoms with Crippen molar-refractivity contribution in [2.24, 2.45) is 4.99 Å². The smallest absolute Gasteiger partial charge is 0.191 e. The standard InChI is InChI=1S/C17H27N3O2/c1-4-12-22-16-10-7-6-9-15(16)14-20-17(18-5-2)19-11-8-13-21-3/h4,6-7,9-10H,1,5,8,11-14H2,2-3H3,(H2,18,19,20). The van der Waals surface area contributed by atoms with Crippen LogP contribution in [0.4, 0.5) is 0 Å². The van der Waals surface area contributed by atoms with Crippen molar-refractivity contribution in [2.45, 2.75) is 19.9 Å². The summed E-state index contributed by atoms with van der Waals surface area (Å²) in [7, 11) is 1.71. The van der Waals surface area contributed by atoms with Crippen molar-refractivity contribution >= 4 is 5.96 Å². The van der Waals surface area contributed by atoms with Crippen molar-refractivity contribution in [1.29, 1.82) is 0 Å². The molecule has 0 aliphatic rings. The predicted molar refractivity (Wildman–Crippen MR) is 91.4 cm³/mol. The van der Waals surface area contributed by atoms with Gasteiger partial charge in [-0.1, -0.05) is 30.9 Å². The van der Waals surface area contributed by atoms with Crippen LogP contribution in [0.5, 0.6) is 5.75 Å². The van der Waals surface area contributed by atoms with E-state index in [1.807, 2.05) is 31.2 Å². The topological polar surface area (TPSA) is 54.9 Å². The van der Waals surface area contributed by atoms with Gasteiger partial charge in [0.2, 0.25) is 0 Å². The van der Waals surface area contributed by atoms with E-state index in [0.717, 1.165) is 43.4 Å². The first-order valence-corrected chi connectivity index (χ1v) is 7.64. The number of nitrogens with one attached hydrogen (secondary N) is 2. The number of rotatable bonds is 10. The Hall–Kier alpha value is -2.01. The Balaban J connectivity index is 2.62. The molecule has 22 heavy (non-hydrogen) atoms. The fraction of sp³-hybridized carbons (Fsp3) is 0.471. The van der Waals surface area contributed by atoms with Crippen molar-refractivity contribution in [3.8, 4) is 5.75 Å². The van der Waals surface area contributed by atoms with Gasteiger partial charge >= 0.3 is 0 Å². The highest BCUT2D eigenvalue weighted by Gasteiger charge is 2.03. The lowest BCUT2D eigenvalue weighted by Gasteiger charge is -2.12. The summed E-state index contributed by atoms with van der Waals surface area (Å²) in [5, 5.41) is 6.52. The molecule has 0 amide bonds. The monoisotopic (exact) mass is 305 g/mol. The van der Waals surface area contributed by atoms with Gasteiger partial charge in [0.05, 0.1) is 6.54 Å². The SMILES string of the molecule is C=CCOc1ccccc1CN=C(NCC)NCCCOC. The third-order valence-electron chi connectivity index (χ3n) is 2.90. The van der Waals surface area contributed by atoms with Gasteiger partial charge in [0.25, 0.3) is 0 Å². The van der Waals surface area contributed by atoms with Crippen molar-refractivity contribution in [3.63, 3.8) is 0 Å². The Morgan fingerprint density at radius 2 is 2.14 bits per heavy atom. The molecule has 5 heteroatoms. The fourth-order valence-electron chi connectivity index (χ4n) is 1.85. The molecule has 5 nitrogen and oxygen atoms in total. The summed E-state index contributed by atoms with van der Waals surface area (Å²) < 4.78 is 10.7. The van der Waals surface area contributed by atoms with Gasteiger partial charge in [-0.05, 0) is 19.4 Å². The summed E-state index contributed by atoms with van der Waals surface area (Å²) in [6.07, 6.45) is 2.68. The highest BCUT2D eigenvalue weighted by molar-refractivity contribution is 5.79. The molecule has 0 aliphatic heterocycles. The van der Waals surface area contributed by atoms with E-state index in [9.17, 15) is 0 Å². The van der Waals surface area contributed by atoms with Gasteiger partial charge < -0.3 is 20.1 Å². The van der Waals surface area contributed by atoms with E-state index in [1.54, 1.807) is 13.2 Å². The first-order valence-electron chi connectivity index (χ1n) is 7.64. The van der Waals surface area contributed by atoms with E-state index in [-0.39, 0.29) is 0 Å². The van der Waals surface area contributed by atoms with E-state index < -0.39 is 0 Å². The first kappa shape index (κ1) is 18.0. The van der Waals surface area contributed by atoms with E-state index in [4.69, 9.17) is 9.47 Å². The summed E-state index contributed by atoms with van der Waals surface area (Å²) in [5.41, 5.74) is 1.05. The van der Waals surface area contributed by atoms with E-state index in [2.05, 4.69) is 22.2 Å². The van der Waals surface area contributed by atoms with Gasteiger partial charge in [-0.3, -0.25) is 0 Å². The molecule has 1 aromatic carbocycles. The number of hydrogen-bond donors (Lipinski definition) is 2. The number of hydrogen-bond acceptors (Lipinski definition) is 3. The van der Waals surface area contributed by atoms with Gasteiger partial charge in [0, 0.05) is 32.4 Å². The molecule has 0 saturated carbocycles. The zero-order valence-corrected chi connectivity index (χ0v) is 13.6. The van der Waals surface area contributed by atoms with Crippen molar-refractivity contribution in [3.05, 3.63) is 42.5 Å². The molecule has 0 fully saturated rings. The fourth-order valence-corrected chi connectivity index (χ4v) is 1.85. The summed E-state index contributed by atoms with van der Waals surface area (Å²) in [6.45, 7) is 9.17. The second kappa shape index (κ2) is 11.6. The van der Waals surface area contributed by atoms with Crippen molar-refractivity contribution in [2.75, 3.05) is 33.4 Å². The van der Waals surface area contributed by atoms with E-state index >= 15 is 0 Å². The van der Waals surface area contributed by atoms with Crippen LogP contribution >= 0.6 is 0 Å². The number of ether oxygens (including phenoxy) is 2. The maximum atomic E-state index is 5.65. The molecule has 1 rings (SSSR count). The number of methoxy groups -OCH3 is 1. The molecular weight excluding hydrogens is 278 g/mol. The van der Waals surface area contributed by atoms with Crippen LogP contribution in [0, 0.1) is 0 Å². The number of benzene rings is 1. The van der Waals surface area contributed by atoms with Crippen LogP contribution in [0.25, 0.3) is 0 Å². The molecule has 0 atom stereocenters. The first-order chi connectivity index (χ1) is 10.8. The Morgan fingerprint density at radius 1 is 1.32 bits per heavy atom. The molecule has 0 radical (unpaired) electrons. The number of para-hydroxylation sites is 1. The molecule has 0 unspecified atom stereocenters. The number of nitrogens with zero attached hydrogens (tertiary/aromatic N) is 1. The van der Waals surface area contributed by atoms with Gasteiger partial charge in [-0.25, -0.2) is 4.99 Å². The van der Waals surface area contributed by atoms with Crippen LogP contribution < -0.4 is 15.4 Å². The van der Waals surface area contributed by atoms with E-state index in [0.29, 0.717) is 13.2 Å². The lowest BCUT2D eigenvalue weighted by molar-refractivity contribution is 0.195. The second-order valence-electron chi connectivity index (χ2n) is 4.68. The summed E-state index contributed by atoms with van der Waals surface area (Å²) in [6, 6.07) is 7.92. The van der Waals surface area contributed by atoms with Gasteiger partial charge in [-0.2, -0.15) is 0 Å². The average molecular weight is 305 g/mol. The molecule has 122 valence electrons. The maximum absolute atomic E-state index is 5.65. The number of aliphatic imine (C=N–C) groups is 1. The van der Waals surface area contributed by atoms with Gasteiger partial charge in [-0.15, -0.1) is 0 Å². The minimum atomic E-state index is 0.496. The average Bonchev–Trinajstić information content (AvgIpc) is 2.55. The summed E-state index contributed by atoms with van der Waals surface area (Å²) in [4.78, 5) is 4.60. The quantitative estimate of drug-likeness (QED) is 0.301. The molecule has 0 spiro atoms. The minimum Gasteiger partial charge on any atom is -0.489 e. The largest absolute Gasteiger partial charge is 0.489 e. The van der Waals surface area contributed by atoms with Crippen LogP contribution in [0.15, 0.2) is 41.9 Å². The Morgan fingerprint density at radius 3 is 2.86 bits per heavy atom. The molecule has 0 heterocycles. The van der Waals surface area contributed by atoms with E-state index in [1.165, 1.54) is 0 Å². The van der Waals surface area contributed by atoms with Crippen LogP contribution in [-0.4, -0.2) is 39.4 Å². The molecule has 0 aliphatic carbocycles. The molecule has 1 aromatic rings. The normalized spacial score (nSPS) is 11.1. The third kappa shape index (κ3) is 7.13. The van der Waals surface area contributed by atoms with Crippen LogP contribution in [0.1, 0.15) is 18.9 Å². The lowest BCUT2D eigenvalue weighted by Crippen LogP contribution is -2.38. The van der Waals surface area contributed by atoms with Crippen molar-refractivity contribution < 1.29 is 9.47 Å². The molecule has 0 saturated heterocycles. The number of guanidine groups is 1. The Bertz CT molecular complexity index is 461. The lowest BCUT2D eigenvalue weighted by atomic mass is 10.2. The molecule has 2 N–H and O–H groups in total. The van der Waals surface area contributed by atoms with Crippen LogP contribution in [0.3, 0.4) is 0 Å². The van der Waals surface area contributed by atoms with Crippen LogP contribution in [-0.2, 0) is 11.3 Å². The van der Waals surface area contributed by atoms with Crippen LogP contribution in [0.2, 0.25) is 0 Å². The van der Waals surface area contributed by atoms with Gasteiger partial charge in [0.1, 0.15) is 12.4 Å². The zero-order chi connectivity index (χ0) is 16.0. The predicted octanol–water partition coefficient (Wildman–Crippen LogP) is 2.34. The summed E-state index contributed by atoms with van der Waals surface area (Å²) >= 11 is 0.